The van der Waals surface area contributed by atoms with Gasteiger partial charge in [-0.3, -0.25) is 4.79 Å². The fraction of sp³-hybridized carbons (Fsp3) is 0.591. The molecule has 0 radical (unpaired) electrons. The van der Waals surface area contributed by atoms with Crippen LogP contribution in [0.5, 0.6) is 0 Å². The van der Waals surface area contributed by atoms with E-state index in [9.17, 15) is 13.2 Å². The van der Waals surface area contributed by atoms with Crippen molar-refractivity contribution in [3.05, 3.63) is 30.2 Å². The van der Waals surface area contributed by atoms with Crippen molar-refractivity contribution in [1.82, 2.24) is 24.7 Å². The van der Waals surface area contributed by atoms with Crippen molar-refractivity contribution < 1.29 is 17.6 Å². The Bertz CT molecular complexity index is 978. The highest BCUT2D eigenvalue weighted by molar-refractivity contribution is 7.89. The van der Waals surface area contributed by atoms with Crippen LogP contribution < -0.4 is 5.32 Å². The first kappa shape index (κ1) is 24.3. The minimum atomic E-state index is -3.52. The maximum Gasteiger partial charge on any atom is 0.308 e. The van der Waals surface area contributed by atoms with E-state index in [1.54, 1.807) is 24.3 Å². The first-order valence-corrected chi connectivity index (χ1v) is 12.7. The van der Waals surface area contributed by atoms with Gasteiger partial charge in [-0.05, 0) is 69.1 Å². The number of carbonyl (C=O) groups is 1. The zero-order valence-corrected chi connectivity index (χ0v) is 19.9. The summed E-state index contributed by atoms with van der Waals surface area (Å²) < 4.78 is 32.8. The highest BCUT2D eigenvalue weighted by Gasteiger charge is 2.28. The fourth-order valence-electron chi connectivity index (χ4n) is 3.70. The van der Waals surface area contributed by atoms with Gasteiger partial charge in [-0.15, -0.1) is 10.2 Å². The lowest BCUT2D eigenvalue weighted by Crippen LogP contribution is -2.37. The van der Waals surface area contributed by atoms with Crippen molar-refractivity contribution in [3.8, 4) is 11.5 Å². The quantitative estimate of drug-likeness (QED) is 0.540. The largest absolute Gasteiger partial charge is 0.412 e. The van der Waals surface area contributed by atoms with E-state index in [0.29, 0.717) is 31.1 Å². The van der Waals surface area contributed by atoms with Gasteiger partial charge in [0, 0.05) is 25.2 Å². The number of hydrogen-bond donors (Lipinski definition) is 1. The van der Waals surface area contributed by atoms with Crippen molar-refractivity contribution in [2.45, 2.75) is 44.9 Å². The van der Waals surface area contributed by atoms with Crippen LogP contribution in [0.2, 0.25) is 0 Å². The van der Waals surface area contributed by atoms with Crippen LogP contribution in [0, 0.1) is 5.92 Å². The maximum atomic E-state index is 12.9. The van der Waals surface area contributed by atoms with Crippen molar-refractivity contribution >= 4 is 15.9 Å². The maximum absolute atomic E-state index is 12.9. The second-order valence-electron chi connectivity index (χ2n) is 8.16. The van der Waals surface area contributed by atoms with Crippen molar-refractivity contribution in [1.29, 1.82) is 0 Å². The Hall–Kier alpha value is -2.30. The summed E-state index contributed by atoms with van der Waals surface area (Å²) in [5.74, 6) is 0.202. The topological polar surface area (TPSA) is 109 Å². The molecule has 10 heteroatoms. The van der Waals surface area contributed by atoms with Crippen LogP contribution in [0.4, 0.5) is 0 Å². The lowest BCUT2D eigenvalue weighted by atomic mass is 10.0. The molecule has 3 rings (SSSR count). The third-order valence-electron chi connectivity index (χ3n) is 5.93. The zero-order chi connectivity index (χ0) is 23.1. The van der Waals surface area contributed by atoms with E-state index in [1.807, 2.05) is 0 Å². The SMILES string of the molecule is CCN(CC)CCCNC(=O)c1nnc(-c2ccc(S(=O)(=O)N3CCC(C)CC3)cc2)o1. The molecule has 1 aromatic carbocycles. The number of amides is 1. The van der Waals surface area contributed by atoms with Gasteiger partial charge in [0.25, 0.3) is 0 Å². The summed E-state index contributed by atoms with van der Waals surface area (Å²) in [5.41, 5.74) is 0.560. The predicted molar refractivity (Wildman–Crippen MR) is 122 cm³/mol. The van der Waals surface area contributed by atoms with Gasteiger partial charge in [-0.1, -0.05) is 20.8 Å². The van der Waals surface area contributed by atoms with E-state index in [1.165, 1.54) is 4.31 Å². The first-order chi connectivity index (χ1) is 15.3. The van der Waals surface area contributed by atoms with Gasteiger partial charge in [0.05, 0.1) is 4.90 Å². The number of carbonyl (C=O) groups excluding carboxylic acids is 1. The van der Waals surface area contributed by atoms with E-state index >= 15 is 0 Å². The van der Waals surface area contributed by atoms with Crippen LogP contribution in [0.1, 0.15) is 50.7 Å². The van der Waals surface area contributed by atoms with E-state index in [2.05, 4.69) is 41.2 Å². The predicted octanol–water partition coefficient (Wildman–Crippen LogP) is 2.62. The number of aromatic nitrogens is 2. The molecule has 1 amide bonds. The number of benzene rings is 1. The van der Waals surface area contributed by atoms with E-state index < -0.39 is 15.9 Å². The molecule has 0 atom stereocenters. The second-order valence-corrected chi connectivity index (χ2v) is 10.1. The van der Waals surface area contributed by atoms with E-state index in [0.717, 1.165) is 38.9 Å². The highest BCUT2D eigenvalue weighted by atomic mass is 32.2. The average Bonchev–Trinajstić information content (AvgIpc) is 3.30. The van der Waals surface area contributed by atoms with Crippen LogP contribution in [0.15, 0.2) is 33.6 Å². The molecular formula is C22H33N5O4S. The molecular weight excluding hydrogens is 430 g/mol. The molecule has 0 aliphatic carbocycles. The summed E-state index contributed by atoms with van der Waals surface area (Å²) in [6.07, 6.45) is 2.58. The smallest absolute Gasteiger partial charge is 0.308 e. The summed E-state index contributed by atoms with van der Waals surface area (Å²) >= 11 is 0. The highest BCUT2D eigenvalue weighted by Crippen LogP contribution is 2.25. The zero-order valence-electron chi connectivity index (χ0n) is 19.1. The van der Waals surface area contributed by atoms with Gasteiger partial charge in [-0.2, -0.15) is 4.31 Å². The molecule has 9 nitrogen and oxygen atoms in total. The van der Waals surface area contributed by atoms with Crippen LogP contribution in [-0.2, 0) is 10.0 Å². The minimum absolute atomic E-state index is 0.109. The molecule has 0 saturated carbocycles. The van der Waals surface area contributed by atoms with E-state index in [-0.39, 0.29) is 16.7 Å². The molecule has 1 N–H and O–H groups in total. The Labute approximate surface area is 190 Å². The molecule has 1 aliphatic rings. The number of piperidine rings is 1. The standard InChI is InChI=1S/C22H33N5O4S/c1-4-26(5-2)14-6-13-23-20(28)22-25-24-21(31-22)18-7-9-19(10-8-18)32(29,30)27-15-11-17(3)12-16-27/h7-10,17H,4-6,11-16H2,1-3H3,(H,23,28). The molecule has 1 fully saturated rings. The van der Waals surface area contributed by atoms with Crippen molar-refractivity contribution in [3.63, 3.8) is 0 Å². The summed E-state index contributed by atoms with van der Waals surface area (Å²) in [4.78, 5) is 14.8. The lowest BCUT2D eigenvalue weighted by Gasteiger charge is -2.29. The number of nitrogens with one attached hydrogen (secondary N) is 1. The lowest BCUT2D eigenvalue weighted by molar-refractivity contribution is 0.0918. The van der Waals surface area contributed by atoms with E-state index in [4.69, 9.17) is 4.42 Å². The molecule has 0 bridgehead atoms. The van der Waals surface area contributed by atoms with Crippen molar-refractivity contribution in [2.75, 3.05) is 39.3 Å². The van der Waals surface area contributed by atoms with Gasteiger partial charge < -0.3 is 14.6 Å². The third-order valence-corrected chi connectivity index (χ3v) is 7.84. The Kier molecular flexibility index (Phi) is 8.38. The summed E-state index contributed by atoms with van der Waals surface area (Å²) in [5, 5.41) is 10.5. The van der Waals surface area contributed by atoms with Gasteiger partial charge in [0.1, 0.15) is 0 Å². The summed E-state index contributed by atoms with van der Waals surface area (Å²) in [6.45, 7) is 10.8. The number of rotatable bonds is 10. The Morgan fingerprint density at radius 3 is 2.44 bits per heavy atom. The molecule has 1 aromatic heterocycles. The van der Waals surface area contributed by atoms with Crippen LogP contribution in [0.3, 0.4) is 0 Å². The molecule has 2 heterocycles. The molecule has 1 aliphatic heterocycles. The third kappa shape index (κ3) is 5.93. The number of nitrogens with zero attached hydrogens (tertiary/aromatic N) is 4. The van der Waals surface area contributed by atoms with Crippen LogP contribution in [0.25, 0.3) is 11.5 Å². The second kappa shape index (κ2) is 11.0. The van der Waals surface area contributed by atoms with Gasteiger partial charge >= 0.3 is 11.8 Å². The molecule has 2 aromatic rings. The molecule has 0 spiro atoms. The average molecular weight is 464 g/mol. The molecule has 1 saturated heterocycles. The van der Waals surface area contributed by atoms with Gasteiger partial charge in [0.15, 0.2) is 0 Å². The normalized spacial score (nSPS) is 15.9. The van der Waals surface area contributed by atoms with Gasteiger partial charge in [-0.25, -0.2) is 8.42 Å². The summed E-state index contributed by atoms with van der Waals surface area (Å²) in [7, 11) is -3.52. The molecule has 0 unspecified atom stereocenters. The monoisotopic (exact) mass is 463 g/mol. The van der Waals surface area contributed by atoms with Crippen LogP contribution >= 0.6 is 0 Å². The number of hydrogen-bond acceptors (Lipinski definition) is 7. The van der Waals surface area contributed by atoms with Crippen molar-refractivity contribution in [2.24, 2.45) is 5.92 Å². The van der Waals surface area contributed by atoms with Crippen LogP contribution in [-0.4, -0.2) is 73.0 Å². The molecule has 176 valence electrons. The Morgan fingerprint density at radius 1 is 1.16 bits per heavy atom. The van der Waals surface area contributed by atoms with Gasteiger partial charge in [0.2, 0.25) is 15.9 Å². The first-order valence-electron chi connectivity index (χ1n) is 11.3. The Balaban J connectivity index is 1.58. The fourth-order valence-corrected chi connectivity index (χ4v) is 5.17. The molecule has 32 heavy (non-hydrogen) atoms. The number of sulfonamides is 1. The minimum Gasteiger partial charge on any atom is -0.412 e. The summed E-state index contributed by atoms with van der Waals surface area (Å²) in [6, 6.07) is 6.33. The Morgan fingerprint density at radius 2 is 1.81 bits per heavy atom.